The fourth-order valence-electron chi connectivity index (χ4n) is 1.45. The van der Waals surface area contributed by atoms with Gasteiger partial charge in [-0.15, -0.1) is 0 Å². The summed E-state index contributed by atoms with van der Waals surface area (Å²) in [4.78, 5) is 8.68. The molecular formula is C20H37FN2. The molecule has 0 radical (unpaired) electrons. The van der Waals surface area contributed by atoms with E-state index in [1.54, 1.807) is 13.1 Å². The van der Waals surface area contributed by atoms with E-state index in [9.17, 15) is 4.39 Å². The minimum atomic E-state index is -0.891. The lowest BCUT2D eigenvalue weighted by Crippen LogP contribution is -2.24. The highest BCUT2D eigenvalue weighted by Crippen LogP contribution is 2.33. The molecule has 1 rings (SSSR count). The Balaban J connectivity index is 0. The summed E-state index contributed by atoms with van der Waals surface area (Å²) >= 11 is 0. The normalized spacial score (nSPS) is 12.6. The second-order valence-electron chi connectivity index (χ2n) is 6.15. The standard InChI is InChI=1S/C14H21FN2.C4H10.C2H6/c1-9(14(5,6)12(4)15)7-13-11(3)17-10(2)8-16-13;1-3-4-2;1-2/h7-8,12H,1-6H3;3-4H2,1-2H3;1-2H3/b9-7+;;. The molecule has 0 fully saturated rings. The van der Waals surface area contributed by atoms with E-state index < -0.39 is 11.6 Å². The van der Waals surface area contributed by atoms with Crippen LogP contribution in [0.3, 0.4) is 0 Å². The predicted octanol–water partition coefficient (Wildman–Crippen LogP) is 6.71. The fraction of sp³-hybridized carbons (Fsp3) is 0.700. The van der Waals surface area contributed by atoms with Crippen molar-refractivity contribution < 1.29 is 4.39 Å². The summed E-state index contributed by atoms with van der Waals surface area (Å²) in [6, 6.07) is 0. The third kappa shape index (κ3) is 8.83. The maximum atomic E-state index is 13.5. The van der Waals surface area contributed by atoms with Gasteiger partial charge in [0.15, 0.2) is 0 Å². The fourth-order valence-corrected chi connectivity index (χ4v) is 1.45. The summed E-state index contributed by atoms with van der Waals surface area (Å²) < 4.78 is 13.5. The zero-order valence-electron chi connectivity index (χ0n) is 16.9. The van der Waals surface area contributed by atoms with Crippen LogP contribution in [0.2, 0.25) is 0 Å². The highest BCUT2D eigenvalue weighted by atomic mass is 19.1. The van der Waals surface area contributed by atoms with Crippen molar-refractivity contribution in [3.8, 4) is 0 Å². The molecule has 0 amide bonds. The van der Waals surface area contributed by atoms with Gasteiger partial charge in [-0.1, -0.05) is 60.0 Å². The van der Waals surface area contributed by atoms with Crippen molar-refractivity contribution in [3.05, 3.63) is 28.9 Å². The van der Waals surface area contributed by atoms with Crippen molar-refractivity contribution >= 4 is 6.08 Å². The average Bonchev–Trinajstić information content (AvgIpc) is 2.52. The molecule has 0 saturated heterocycles. The molecule has 0 aliphatic rings. The van der Waals surface area contributed by atoms with Crippen LogP contribution >= 0.6 is 0 Å². The monoisotopic (exact) mass is 324 g/mol. The van der Waals surface area contributed by atoms with Crippen LogP contribution in [0.5, 0.6) is 0 Å². The van der Waals surface area contributed by atoms with Crippen molar-refractivity contribution in [3.63, 3.8) is 0 Å². The van der Waals surface area contributed by atoms with Crippen LogP contribution in [-0.4, -0.2) is 16.1 Å². The highest BCUT2D eigenvalue weighted by Gasteiger charge is 2.27. The Hall–Kier alpha value is -1.25. The molecule has 0 aromatic carbocycles. The molecule has 134 valence electrons. The number of alkyl halides is 1. The van der Waals surface area contributed by atoms with Gasteiger partial charge >= 0.3 is 0 Å². The van der Waals surface area contributed by atoms with Gasteiger partial charge in [-0.2, -0.15) is 0 Å². The van der Waals surface area contributed by atoms with Crippen LogP contribution in [0.1, 0.15) is 85.3 Å². The van der Waals surface area contributed by atoms with Crippen molar-refractivity contribution in [1.82, 2.24) is 9.97 Å². The summed E-state index contributed by atoms with van der Waals surface area (Å²) in [6.07, 6.45) is 5.41. The van der Waals surface area contributed by atoms with Gasteiger partial charge in [0.05, 0.1) is 17.1 Å². The lowest BCUT2D eigenvalue weighted by atomic mass is 9.80. The quantitative estimate of drug-likeness (QED) is 0.614. The van der Waals surface area contributed by atoms with E-state index in [1.807, 2.05) is 54.5 Å². The lowest BCUT2D eigenvalue weighted by molar-refractivity contribution is 0.200. The molecule has 3 heteroatoms. The van der Waals surface area contributed by atoms with E-state index in [2.05, 4.69) is 23.8 Å². The summed E-state index contributed by atoms with van der Waals surface area (Å²) in [5, 5.41) is 0. The highest BCUT2D eigenvalue weighted by molar-refractivity contribution is 5.52. The Labute approximate surface area is 143 Å². The number of halogens is 1. The van der Waals surface area contributed by atoms with Gasteiger partial charge in [0.25, 0.3) is 0 Å². The van der Waals surface area contributed by atoms with Crippen molar-refractivity contribution in [2.45, 2.75) is 88.3 Å². The van der Waals surface area contributed by atoms with Crippen LogP contribution in [0, 0.1) is 19.3 Å². The smallest absolute Gasteiger partial charge is 0.106 e. The van der Waals surface area contributed by atoms with E-state index in [1.165, 1.54) is 12.8 Å². The zero-order chi connectivity index (χ0) is 18.6. The molecule has 0 spiro atoms. The Bertz CT molecular complexity index is 461. The molecule has 1 heterocycles. The Morgan fingerprint density at radius 2 is 1.70 bits per heavy atom. The second kappa shape index (κ2) is 12.2. The van der Waals surface area contributed by atoms with Crippen LogP contribution in [-0.2, 0) is 0 Å². The zero-order valence-corrected chi connectivity index (χ0v) is 16.9. The van der Waals surface area contributed by atoms with Crippen molar-refractivity contribution in [2.24, 2.45) is 5.41 Å². The Morgan fingerprint density at radius 1 is 1.22 bits per heavy atom. The molecule has 0 aliphatic carbocycles. The topological polar surface area (TPSA) is 25.8 Å². The molecule has 0 N–H and O–H groups in total. The van der Waals surface area contributed by atoms with Crippen LogP contribution in [0.15, 0.2) is 11.8 Å². The first kappa shape index (κ1) is 24.0. The van der Waals surface area contributed by atoms with E-state index in [0.29, 0.717) is 0 Å². The first-order valence-corrected chi connectivity index (χ1v) is 8.79. The molecule has 1 aromatic heterocycles. The lowest BCUT2D eigenvalue weighted by Gasteiger charge is -2.27. The molecule has 1 unspecified atom stereocenters. The average molecular weight is 325 g/mol. The van der Waals surface area contributed by atoms with Gasteiger partial charge in [0.1, 0.15) is 6.17 Å². The molecule has 0 aliphatic heterocycles. The number of aryl methyl sites for hydroxylation is 2. The minimum absolute atomic E-state index is 0.473. The van der Waals surface area contributed by atoms with Gasteiger partial charge in [0.2, 0.25) is 0 Å². The Kier molecular flexibility index (Phi) is 12.7. The first-order chi connectivity index (χ1) is 10.7. The van der Waals surface area contributed by atoms with Crippen molar-refractivity contribution in [2.75, 3.05) is 0 Å². The summed E-state index contributed by atoms with van der Waals surface area (Å²) in [5.41, 5.74) is 3.11. The van der Waals surface area contributed by atoms with E-state index in [4.69, 9.17) is 0 Å². The van der Waals surface area contributed by atoms with Gasteiger partial charge in [0, 0.05) is 11.6 Å². The maximum Gasteiger partial charge on any atom is 0.106 e. The molecule has 0 saturated carbocycles. The van der Waals surface area contributed by atoms with Gasteiger partial charge < -0.3 is 0 Å². The largest absolute Gasteiger partial charge is 0.255 e. The number of rotatable bonds is 4. The predicted molar refractivity (Wildman–Crippen MR) is 101 cm³/mol. The minimum Gasteiger partial charge on any atom is -0.255 e. The number of hydrogen-bond acceptors (Lipinski definition) is 2. The SMILES string of the molecule is C/C(=C\c1ncc(C)nc1C)C(C)(C)C(C)F.CC.CCCC. The van der Waals surface area contributed by atoms with E-state index in [0.717, 1.165) is 22.7 Å². The molecular weight excluding hydrogens is 287 g/mol. The van der Waals surface area contributed by atoms with Crippen LogP contribution < -0.4 is 0 Å². The number of hydrogen-bond donors (Lipinski definition) is 0. The van der Waals surface area contributed by atoms with Gasteiger partial charge in [-0.25, -0.2) is 4.39 Å². The summed E-state index contributed by atoms with van der Waals surface area (Å²) in [6.45, 7) is 19.5. The summed E-state index contributed by atoms with van der Waals surface area (Å²) in [7, 11) is 0. The van der Waals surface area contributed by atoms with Gasteiger partial charge in [-0.3, -0.25) is 9.97 Å². The number of unbranched alkanes of at least 4 members (excludes halogenated alkanes) is 1. The second-order valence-corrected chi connectivity index (χ2v) is 6.15. The maximum absolute atomic E-state index is 13.5. The Morgan fingerprint density at radius 3 is 2.04 bits per heavy atom. The number of allylic oxidation sites excluding steroid dienone is 1. The third-order valence-corrected chi connectivity index (χ3v) is 3.97. The third-order valence-electron chi connectivity index (χ3n) is 3.97. The van der Waals surface area contributed by atoms with Gasteiger partial charge in [-0.05, 0) is 33.8 Å². The van der Waals surface area contributed by atoms with E-state index in [-0.39, 0.29) is 0 Å². The first-order valence-electron chi connectivity index (χ1n) is 8.79. The molecule has 1 aromatic rings. The number of nitrogens with zero attached hydrogens (tertiary/aromatic N) is 2. The molecule has 0 bridgehead atoms. The molecule has 23 heavy (non-hydrogen) atoms. The molecule has 1 atom stereocenters. The summed E-state index contributed by atoms with van der Waals surface area (Å²) in [5.74, 6) is 0. The van der Waals surface area contributed by atoms with Crippen LogP contribution in [0.25, 0.3) is 6.08 Å². The molecule has 2 nitrogen and oxygen atoms in total. The van der Waals surface area contributed by atoms with Crippen molar-refractivity contribution in [1.29, 1.82) is 0 Å². The van der Waals surface area contributed by atoms with Crippen LogP contribution in [0.4, 0.5) is 4.39 Å². The number of aromatic nitrogens is 2. The van der Waals surface area contributed by atoms with E-state index >= 15 is 0 Å².